The molecule has 2 aromatic heterocycles. The van der Waals surface area contributed by atoms with E-state index < -0.39 is 10.0 Å². The van der Waals surface area contributed by atoms with Crippen molar-refractivity contribution in [3.8, 4) is 0 Å². The van der Waals surface area contributed by atoms with Crippen LogP contribution in [0, 0.1) is 0 Å². The maximum Gasteiger partial charge on any atom is 0.263 e. The molecule has 3 rings (SSSR count). The van der Waals surface area contributed by atoms with E-state index in [1.807, 2.05) is 0 Å². The third-order valence-corrected chi connectivity index (χ3v) is 7.94. The Hall–Kier alpha value is -0.900. The molecule has 0 atom stereocenters. The number of primary sulfonamides is 1. The van der Waals surface area contributed by atoms with Crippen molar-refractivity contribution >= 4 is 43.3 Å². The van der Waals surface area contributed by atoms with Crippen molar-refractivity contribution in [1.82, 2.24) is 9.55 Å². The first-order valence-electron chi connectivity index (χ1n) is 9.59. The van der Waals surface area contributed by atoms with E-state index >= 15 is 0 Å². The van der Waals surface area contributed by atoms with Gasteiger partial charge in [0.25, 0.3) is 5.56 Å². The van der Waals surface area contributed by atoms with Crippen LogP contribution in [-0.2, 0) is 29.4 Å². The Kier molecular flexibility index (Phi) is 6.99. The minimum absolute atomic E-state index is 0.0460. The summed E-state index contributed by atoms with van der Waals surface area (Å²) in [5.74, 6) is 0.531. The van der Waals surface area contributed by atoms with Crippen LogP contribution in [0.15, 0.2) is 9.95 Å². The fourth-order valence-electron chi connectivity index (χ4n) is 3.47. The van der Waals surface area contributed by atoms with Gasteiger partial charge in [0.2, 0.25) is 10.0 Å². The Balaban J connectivity index is 1.92. The van der Waals surface area contributed by atoms with E-state index in [2.05, 4.69) is 6.92 Å². The number of hydrogen-bond donors (Lipinski definition) is 1. The van der Waals surface area contributed by atoms with Gasteiger partial charge in [-0.3, -0.25) is 9.36 Å². The summed E-state index contributed by atoms with van der Waals surface area (Å²) in [4.78, 5) is 20.2. The molecule has 1 aliphatic rings. The maximum atomic E-state index is 13.3. The molecule has 27 heavy (non-hydrogen) atoms. The van der Waals surface area contributed by atoms with Gasteiger partial charge in [0.05, 0.1) is 11.1 Å². The highest BCUT2D eigenvalue weighted by atomic mass is 32.2. The lowest BCUT2D eigenvalue weighted by Gasteiger charge is -2.13. The molecule has 0 aliphatic heterocycles. The van der Waals surface area contributed by atoms with E-state index in [1.54, 1.807) is 15.9 Å². The number of rotatable bonds is 9. The summed E-state index contributed by atoms with van der Waals surface area (Å²) >= 11 is 3.11. The number of unbranched alkanes of at least 4 members (excludes halogenated alkanes) is 2. The molecule has 0 amide bonds. The van der Waals surface area contributed by atoms with Crippen molar-refractivity contribution in [2.24, 2.45) is 5.14 Å². The molecule has 0 radical (unpaired) electrons. The zero-order valence-electron chi connectivity index (χ0n) is 15.7. The van der Waals surface area contributed by atoms with Crippen LogP contribution in [0.5, 0.6) is 0 Å². The Morgan fingerprint density at radius 2 is 2.00 bits per heavy atom. The lowest BCUT2D eigenvalue weighted by Crippen LogP contribution is -2.24. The van der Waals surface area contributed by atoms with Crippen molar-refractivity contribution < 1.29 is 8.42 Å². The zero-order valence-corrected chi connectivity index (χ0v) is 18.1. The second-order valence-corrected chi connectivity index (χ2v) is 10.9. The lowest BCUT2D eigenvalue weighted by atomic mass is 9.97. The number of thiophene rings is 1. The highest BCUT2D eigenvalue weighted by Crippen LogP contribution is 2.34. The number of hydrogen-bond acceptors (Lipinski definition) is 6. The van der Waals surface area contributed by atoms with Crippen LogP contribution in [0.25, 0.3) is 10.2 Å². The zero-order chi connectivity index (χ0) is 19.4. The Labute approximate surface area is 168 Å². The first kappa shape index (κ1) is 20.8. The van der Waals surface area contributed by atoms with Crippen LogP contribution in [-0.4, -0.2) is 29.5 Å². The molecule has 150 valence electrons. The minimum Gasteiger partial charge on any atom is -0.287 e. The summed E-state index contributed by atoms with van der Waals surface area (Å²) in [6, 6.07) is 0. The molecule has 0 unspecified atom stereocenters. The first-order valence-corrected chi connectivity index (χ1v) is 13.1. The molecular formula is C18H27N3O3S3. The number of nitrogens with zero attached hydrogens (tertiary/aromatic N) is 2. The van der Waals surface area contributed by atoms with Gasteiger partial charge in [-0.2, -0.15) is 0 Å². The van der Waals surface area contributed by atoms with E-state index in [9.17, 15) is 13.2 Å². The topological polar surface area (TPSA) is 95.1 Å². The van der Waals surface area contributed by atoms with Crippen LogP contribution in [0.1, 0.15) is 55.9 Å². The van der Waals surface area contributed by atoms with Crippen LogP contribution in [0.4, 0.5) is 0 Å². The number of nitrogens with two attached hydrogens (primary N) is 1. The number of sulfonamides is 1. The van der Waals surface area contributed by atoms with Crippen LogP contribution < -0.4 is 10.7 Å². The van der Waals surface area contributed by atoms with E-state index in [4.69, 9.17) is 10.1 Å². The van der Waals surface area contributed by atoms with Gasteiger partial charge in [-0.25, -0.2) is 18.5 Å². The van der Waals surface area contributed by atoms with Gasteiger partial charge >= 0.3 is 0 Å². The van der Waals surface area contributed by atoms with Crippen molar-refractivity contribution in [2.75, 3.05) is 11.5 Å². The quantitative estimate of drug-likeness (QED) is 0.375. The Morgan fingerprint density at radius 1 is 1.22 bits per heavy atom. The minimum atomic E-state index is -3.45. The number of thioether (sulfide) groups is 1. The van der Waals surface area contributed by atoms with E-state index in [0.29, 0.717) is 23.9 Å². The third kappa shape index (κ3) is 5.13. The molecule has 2 N–H and O–H groups in total. The first-order chi connectivity index (χ1) is 12.9. The summed E-state index contributed by atoms with van der Waals surface area (Å²) < 4.78 is 24.1. The van der Waals surface area contributed by atoms with Crippen LogP contribution in [0.3, 0.4) is 0 Å². The molecule has 0 bridgehead atoms. The van der Waals surface area contributed by atoms with E-state index in [0.717, 1.165) is 48.7 Å². The second kappa shape index (κ2) is 9.07. The molecule has 0 spiro atoms. The van der Waals surface area contributed by atoms with Gasteiger partial charge in [0, 0.05) is 17.2 Å². The summed E-state index contributed by atoms with van der Waals surface area (Å²) in [6.07, 6.45) is 7.90. The smallest absolute Gasteiger partial charge is 0.263 e. The van der Waals surface area contributed by atoms with Crippen LogP contribution >= 0.6 is 23.1 Å². The standard InChI is InChI=1S/C18H27N3O3S3/c1-2-3-6-10-21-17(22)15-13-8-4-5-9-14(13)26-16(15)20-18(21)25-11-7-12-27(19,23)24/h2-12H2,1H3,(H2,19,23,24). The number of aromatic nitrogens is 2. The molecule has 2 heterocycles. The van der Waals surface area contributed by atoms with Crippen LogP contribution in [0.2, 0.25) is 0 Å². The molecule has 0 saturated carbocycles. The van der Waals surface area contributed by atoms with Gasteiger partial charge in [-0.05, 0) is 44.1 Å². The molecule has 9 heteroatoms. The normalized spacial score (nSPS) is 14.6. The van der Waals surface area contributed by atoms with E-state index in [1.165, 1.54) is 28.6 Å². The van der Waals surface area contributed by atoms with Gasteiger partial charge in [-0.15, -0.1) is 11.3 Å². The van der Waals surface area contributed by atoms with Gasteiger partial charge in [0.1, 0.15) is 4.83 Å². The van der Waals surface area contributed by atoms with Crippen molar-refractivity contribution in [3.05, 3.63) is 20.8 Å². The van der Waals surface area contributed by atoms with Crippen molar-refractivity contribution in [2.45, 2.75) is 70.0 Å². The fourth-order valence-corrected chi connectivity index (χ4v) is 6.47. The maximum absolute atomic E-state index is 13.3. The summed E-state index contributed by atoms with van der Waals surface area (Å²) in [6.45, 7) is 2.81. The molecular weight excluding hydrogens is 402 g/mol. The molecule has 0 saturated heterocycles. The second-order valence-electron chi connectivity index (χ2n) is 7.02. The predicted molar refractivity (Wildman–Crippen MR) is 113 cm³/mol. The molecule has 6 nitrogen and oxygen atoms in total. The number of fused-ring (bicyclic) bond motifs is 3. The summed E-state index contributed by atoms with van der Waals surface area (Å²) in [7, 11) is -3.45. The summed E-state index contributed by atoms with van der Waals surface area (Å²) in [5, 5.41) is 6.60. The number of aryl methyl sites for hydroxylation is 2. The van der Waals surface area contributed by atoms with E-state index in [-0.39, 0.29) is 11.3 Å². The van der Waals surface area contributed by atoms with Crippen molar-refractivity contribution in [1.29, 1.82) is 0 Å². The molecule has 0 fully saturated rings. The third-order valence-electron chi connectivity index (χ3n) is 4.83. The van der Waals surface area contributed by atoms with Gasteiger partial charge in [0.15, 0.2) is 5.16 Å². The average Bonchev–Trinajstić information content (AvgIpc) is 2.98. The Bertz CT molecular complexity index is 964. The monoisotopic (exact) mass is 429 g/mol. The largest absolute Gasteiger partial charge is 0.287 e. The molecule has 0 aromatic carbocycles. The van der Waals surface area contributed by atoms with Gasteiger partial charge in [-0.1, -0.05) is 31.5 Å². The van der Waals surface area contributed by atoms with Crippen molar-refractivity contribution in [3.63, 3.8) is 0 Å². The average molecular weight is 430 g/mol. The highest BCUT2D eigenvalue weighted by Gasteiger charge is 2.22. The predicted octanol–water partition coefficient (Wildman–Crippen LogP) is 3.30. The van der Waals surface area contributed by atoms with Gasteiger partial charge < -0.3 is 0 Å². The fraction of sp³-hybridized carbons (Fsp3) is 0.667. The summed E-state index contributed by atoms with van der Waals surface area (Å²) in [5.41, 5.74) is 1.29. The lowest BCUT2D eigenvalue weighted by molar-refractivity contribution is 0.541. The Morgan fingerprint density at radius 3 is 2.74 bits per heavy atom. The highest BCUT2D eigenvalue weighted by molar-refractivity contribution is 7.99. The molecule has 1 aliphatic carbocycles. The SMILES string of the molecule is CCCCCn1c(SCCCS(N)(=O)=O)nc2sc3c(c2c1=O)CCCC3. The molecule has 2 aromatic rings.